The minimum absolute atomic E-state index is 0.0801. The van der Waals surface area contributed by atoms with Gasteiger partial charge in [-0.15, -0.1) is 0 Å². The van der Waals surface area contributed by atoms with E-state index in [1.54, 1.807) is 32.2 Å². The van der Waals surface area contributed by atoms with E-state index in [4.69, 9.17) is 9.47 Å². The first-order chi connectivity index (χ1) is 16.4. The molecule has 1 saturated carbocycles. The van der Waals surface area contributed by atoms with Gasteiger partial charge in [0, 0.05) is 24.4 Å². The highest BCUT2D eigenvalue weighted by molar-refractivity contribution is 6.04. The first-order valence-corrected chi connectivity index (χ1v) is 11.6. The monoisotopic (exact) mass is 470 g/mol. The Bertz CT molecular complexity index is 1220. The van der Waals surface area contributed by atoms with E-state index in [0.29, 0.717) is 17.1 Å². The van der Waals surface area contributed by atoms with Crippen LogP contribution < -0.4 is 20.7 Å². The number of hydrogen-bond acceptors (Lipinski definition) is 7. The van der Waals surface area contributed by atoms with Crippen molar-refractivity contribution < 1.29 is 19.4 Å². The van der Waals surface area contributed by atoms with Crippen LogP contribution in [-0.4, -0.2) is 45.5 Å². The molecule has 0 saturated heterocycles. The SMILES string of the molecule is CCC(=O)N1N=C(c2c(O)n(C3CCCCC3)c(=O)[nH]c2=O)C[C@H]1c1cc(OC)ccc1OC. The highest BCUT2D eigenvalue weighted by Gasteiger charge is 2.37. The summed E-state index contributed by atoms with van der Waals surface area (Å²) in [5.74, 6) is 0.476. The molecule has 1 fully saturated rings. The molecule has 0 unspecified atom stereocenters. The second-order valence-electron chi connectivity index (χ2n) is 8.59. The van der Waals surface area contributed by atoms with E-state index in [9.17, 15) is 19.5 Å². The molecule has 0 radical (unpaired) electrons. The fourth-order valence-corrected chi connectivity index (χ4v) is 4.87. The van der Waals surface area contributed by atoms with Crippen LogP contribution in [0.5, 0.6) is 17.4 Å². The molecule has 1 aromatic carbocycles. The number of nitrogens with one attached hydrogen (secondary N) is 1. The van der Waals surface area contributed by atoms with E-state index in [1.165, 1.54) is 16.7 Å². The molecule has 4 rings (SSSR count). The van der Waals surface area contributed by atoms with Crippen LogP contribution in [0.4, 0.5) is 0 Å². The Morgan fingerprint density at radius 2 is 1.91 bits per heavy atom. The number of hydrogen-bond donors (Lipinski definition) is 2. The van der Waals surface area contributed by atoms with Crippen molar-refractivity contribution in [3.63, 3.8) is 0 Å². The van der Waals surface area contributed by atoms with Crippen molar-refractivity contribution in [1.82, 2.24) is 14.6 Å². The summed E-state index contributed by atoms with van der Waals surface area (Å²) in [6.07, 6.45) is 4.82. The van der Waals surface area contributed by atoms with Crippen LogP contribution in [0.25, 0.3) is 0 Å². The third kappa shape index (κ3) is 4.20. The molecular weight excluding hydrogens is 440 g/mol. The van der Waals surface area contributed by atoms with Gasteiger partial charge in [0.05, 0.1) is 26.0 Å². The van der Waals surface area contributed by atoms with Gasteiger partial charge in [-0.1, -0.05) is 26.2 Å². The molecule has 10 heteroatoms. The van der Waals surface area contributed by atoms with Crippen molar-refractivity contribution >= 4 is 11.6 Å². The van der Waals surface area contributed by atoms with Crippen molar-refractivity contribution in [1.29, 1.82) is 0 Å². The minimum atomic E-state index is -0.726. The molecule has 0 spiro atoms. The number of carbonyl (C=O) groups is 1. The maximum absolute atomic E-state index is 12.8. The Labute approximate surface area is 196 Å². The Balaban J connectivity index is 1.81. The van der Waals surface area contributed by atoms with Crippen LogP contribution >= 0.6 is 0 Å². The molecule has 1 atom stereocenters. The third-order valence-corrected chi connectivity index (χ3v) is 6.61. The van der Waals surface area contributed by atoms with Gasteiger partial charge in [0.25, 0.3) is 5.56 Å². The Morgan fingerprint density at radius 3 is 2.56 bits per heavy atom. The van der Waals surface area contributed by atoms with E-state index in [2.05, 4.69) is 10.1 Å². The topological polar surface area (TPSA) is 126 Å². The molecule has 1 aliphatic carbocycles. The summed E-state index contributed by atoms with van der Waals surface area (Å²) in [4.78, 5) is 40.6. The lowest BCUT2D eigenvalue weighted by molar-refractivity contribution is -0.132. The van der Waals surface area contributed by atoms with Gasteiger partial charge in [0.2, 0.25) is 11.8 Å². The first-order valence-electron chi connectivity index (χ1n) is 11.6. The number of rotatable bonds is 6. The molecule has 182 valence electrons. The van der Waals surface area contributed by atoms with Crippen molar-refractivity contribution in [2.45, 2.75) is 64.0 Å². The molecule has 0 bridgehead atoms. The quantitative estimate of drug-likeness (QED) is 0.669. The maximum Gasteiger partial charge on any atom is 0.331 e. The van der Waals surface area contributed by atoms with E-state index in [1.807, 2.05) is 0 Å². The van der Waals surface area contributed by atoms with Crippen LogP contribution in [0.3, 0.4) is 0 Å². The average Bonchev–Trinajstić information content (AvgIpc) is 3.28. The predicted molar refractivity (Wildman–Crippen MR) is 126 cm³/mol. The summed E-state index contributed by atoms with van der Waals surface area (Å²) in [7, 11) is 3.08. The number of aromatic hydroxyl groups is 1. The van der Waals surface area contributed by atoms with E-state index in [0.717, 1.165) is 32.1 Å². The molecular formula is C24H30N4O6. The lowest BCUT2D eigenvalue weighted by Crippen LogP contribution is -2.36. The molecule has 2 aromatic rings. The number of carbonyl (C=O) groups excluding carboxylic acids is 1. The van der Waals surface area contributed by atoms with Crippen molar-refractivity contribution in [3.05, 3.63) is 50.2 Å². The van der Waals surface area contributed by atoms with E-state index >= 15 is 0 Å². The Morgan fingerprint density at radius 1 is 1.18 bits per heavy atom. The van der Waals surface area contributed by atoms with Gasteiger partial charge in [-0.25, -0.2) is 9.80 Å². The van der Waals surface area contributed by atoms with Crippen LogP contribution in [0.2, 0.25) is 0 Å². The summed E-state index contributed by atoms with van der Waals surface area (Å²) in [5.41, 5.74) is -0.540. The number of amides is 1. The maximum atomic E-state index is 12.8. The fourth-order valence-electron chi connectivity index (χ4n) is 4.87. The molecule has 1 amide bonds. The second kappa shape index (κ2) is 9.74. The van der Waals surface area contributed by atoms with Crippen LogP contribution in [0.1, 0.15) is 75.1 Å². The summed E-state index contributed by atoms with van der Waals surface area (Å²) in [6, 6.07) is 4.50. The lowest BCUT2D eigenvalue weighted by atomic mass is 9.94. The van der Waals surface area contributed by atoms with Crippen molar-refractivity contribution in [3.8, 4) is 17.4 Å². The lowest BCUT2D eigenvalue weighted by Gasteiger charge is -2.25. The fraction of sp³-hybridized carbons (Fsp3) is 0.500. The highest BCUT2D eigenvalue weighted by Crippen LogP contribution is 2.40. The van der Waals surface area contributed by atoms with Gasteiger partial charge in [-0.05, 0) is 31.0 Å². The second-order valence-corrected chi connectivity index (χ2v) is 8.59. The molecule has 2 aliphatic rings. The van der Waals surface area contributed by atoms with Crippen molar-refractivity contribution in [2.24, 2.45) is 5.10 Å². The molecule has 2 N–H and O–H groups in total. The summed E-state index contributed by atoms with van der Waals surface area (Å²) >= 11 is 0. The minimum Gasteiger partial charge on any atom is -0.497 e. The standard InChI is InChI=1S/C24H30N4O6/c1-4-20(29)28-18(16-12-15(33-2)10-11-19(16)34-3)13-17(26-28)21-22(30)25-24(32)27(23(21)31)14-8-6-5-7-9-14/h10-12,14,18,31H,4-9,13H2,1-3H3,(H,25,30,32)/t18-/m0/s1. The van der Waals surface area contributed by atoms with Gasteiger partial charge in [-0.3, -0.25) is 19.1 Å². The number of benzene rings is 1. The molecule has 10 nitrogen and oxygen atoms in total. The number of aromatic amines is 1. The largest absolute Gasteiger partial charge is 0.497 e. The van der Waals surface area contributed by atoms with E-state index < -0.39 is 23.2 Å². The zero-order valence-electron chi connectivity index (χ0n) is 19.7. The van der Waals surface area contributed by atoms with Gasteiger partial charge < -0.3 is 14.6 Å². The highest BCUT2D eigenvalue weighted by atomic mass is 16.5. The Kier molecular flexibility index (Phi) is 6.76. The van der Waals surface area contributed by atoms with Crippen LogP contribution in [-0.2, 0) is 4.79 Å². The summed E-state index contributed by atoms with van der Waals surface area (Å²) in [6.45, 7) is 1.73. The number of methoxy groups -OCH3 is 2. The average molecular weight is 471 g/mol. The van der Waals surface area contributed by atoms with Gasteiger partial charge in [0.15, 0.2) is 0 Å². The number of ether oxygens (including phenoxy) is 2. The number of aromatic nitrogens is 2. The first kappa shape index (κ1) is 23.6. The van der Waals surface area contributed by atoms with Gasteiger partial charge in [-0.2, -0.15) is 5.10 Å². The van der Waals surface area contributed by atoms with E-state index in [-0.39, 0.29) is 36.1 Å². The summed E-state index contributed by atoms with van der Waals surface area (Å²) < 4.78 is 12.1. The number of hydrazone groups is 1. The molecule has 2 heterocycles. The van der Waals surface area contributed by atoms with Gasteiger partial charge >= 0.3 is 5.69 Å². The number of nitrogens with zero attached hydrogens (tertiary/aromatic N) is 3. The van der Waals surface area contributed by atoms with Crippen LogP contribution in [0, 0.1) is 0 Å². The smallest absolute Gasteiger partial charge is 0.331 e. The third-order valence-electron chi connectivity index (χ3n) is 6.61. The Hall–Kier alpha value is -3.56. The molecule has 34 heavy (non-hydrogen) atoms. The summed E-state index contributed by atoms with van der Waals surface area (Å²) in [5, 5.41) is 16.9. The molecule has 1 aromatic heterocycles. The zero-order valence-corrected chi connectivity index (χ0v) is 19.7. The van der Waals surface area contributed by atoms with Crippen LogP contribution in [0.15, 0.2) is 32.9 Å². The molecule has 1 aliphatic heterocycles. The van der Waals surface area contributed by atoms with Gasteiger partial charge in [0.1, 0.15) is 17.1 Å². The number of H-pyrrole nitrogens is 1. The van der Waals surface area contributed by atoms with Crippen molar-refractivity contribution in [2.75, 3.05) is 14.2 Å². The zero-order chi connectivity index (χ0) is 24.4. The normalized spacial score (nSPS) is 18.6. The predicted octanol–water partition coefficient (Wildman–Crippen LogP) is 2.85.